The third kappa shape index (κ3) is 1.79. The van der Waals surface area contributed by atoms with E-state index in [2.05, 4.69) is 16.0 Å². The standard InChI is InChI=1S/C10H13N3S/c1-8-12-9(7-14-8)10(6-11)13-4-2-3-5-13/h7,10H,2-5H2,1H3. The molecule has 0 N–H and O–H groups in total. The first-order valence-electron chi connectivity index (χ1n) is 4.87. The number of nitrogens with zero attached hydrogens (tertiary/aromatic N) is 3. The van der Waals surface area contributed by atoms with Gasteiger partial charge in [0.05, 0.1) is 16.8 Å². The lowest BCUT2D eigenvalue weighted by Crippen LogP contribution is -2.24. The van der Waals surface area contributed by atoms with E-state index in [1.807, 2.05) is 12.3 Å². The number of aromatic nitrogens is 1. The first kappa shape index (κ1) is 9.63. The van der Waals surface area contributed by atoms with Gasteiger partial charge in [0, 0.05) is 5.38 Å². The summed E-state index contributed by atoms with van der Waals surface area (Å²) in [7, 11) is 0. The Balaban J connectivity index is 2.17. The Morgan fingerprint density at radius 3 is 2.79 bits per heavy atom. The molecule has 0 bridgehead atoms. The van der Waals surface area contributed by atoms with Crippen molar-refractivity contribution in [3.05, 3.63) is 16.1 Å². The number of rotatable bonds is 2. The molecule has 0 radical (unpaired) electrons. The van der Waals surface area contributed by atoms with E-state index >= 15 is 0 Å². The van der Waals surface area contributed by atoms with E-state index in [0.29, 0.717) is 0 Å². The predicted octanol–water partition coefficient (Wildman–Crippen LogP) is 2.11. The summed E-state index contributed by atoms with van der Waals surface area (Å²) in [5.41, 5.74) is 0.928. The highest BCUT2D eigenvalue weighted by Gasteiger charge is 2.24. The average Bonchev–Trinajstić information content (AvgIpc) is 2.79. The topological polar surface area (TPSA) is 39.9 Å². The van der Waals surface area contributed by atoms with Crippen LogP contribution in [0, 0.1) is 18.3 Å². The average molecular weight is 207 g/mol. The minimum Gasteiger partial charge on any atom is -0.283 e. The van der Waals surface area contributed by atoms with Crippen LogP contribution < -0.4 is 0 Å². The van der Waals surface area contributed by atoms with Crippen molar-refractivity contribution in [2.75, 3.05) is 13.1 Å². The quantitative estimate of drug-likeness (QED) is 0.745. The van der Waals surface area contributed by atoms with Gasteiger partial charge in [0.25, 0.3) is 0 Å². The Kier molecular flexibility index (Phi) is 2.80. The molecule has 14 heavy (non-hydrogen) atoms. The van der Waals surface area contributed by atoms with E-state index in [0.717, 1.165) is 23.8 Å². The molecule has 1 aliphatic rings. The van der Waals surface area contributed by atoms with Crippen molar-refractivity contribution in [3.63, 3.8) is 0 Å². The summed E-state index contributed by atoms with van der Waals surface area (Å²) in [6.07, 6.45) is 2.42. The normalized spacial score (nSPS) is 19.4. The predicted molar refractivity (Wildman–Crippen MR) is 56.0 cm³/mol. The molecule has 0 saturated carbocycles. The van der Waals surface area contributed by atoms with Crippen molar-refractivity contribution in [2.45, 2.75) is 25.8 Å². The fourth-order valence-electron chi connectivity index (χ4n) is 1.84. The molecule has 1 unspecified atom stereocenters. The van der Waals surface area contributed by atoms with Crippen molar-refractivity contribution < 1.29 is 0 Å². The highest BCUT2D eigenvalue weighted by molar-refractivity contribution is 7.09. The van der Waals surface area contributed by atoms with Crippen LogP contribution in [0.25, 0.3) is 0 Å². The second-order valence-corrected chi connectivity index (χ2v) is 4.63. The van der Waals surface area contributed by atoms with Gasteiger partial charge < -0.3 is 0 Å². The van der Waals surface area contributed by atoms with Gasteiger partial charge in [-0.25, -0.2) is 4.98 Å². The van der Waals surface area contributed by atoms with E-state index in [9.17, 15) is 0 Å². The molecule has 1 aromatic rings. The molecule has 0 aromatic carbocycles. The van der Waals surface area contributed by atoms with Crippen LogP contribution in [0.2, 0.25) is 0 Å². The van der Waals surface area contributed by atoms with Gasteiger partial charge in [-0.1, -0.05) is 0 Å². The third-order valence-corrected chi connectivity index (χ3v) is 3.34. The lowest BCUT2D eigenvalue weighted by Gasteiger charge is -2.19. The van der Waals surface area contributed by atoms with Crippen molar-refractivity contribution in [1.82, 2.24) is 9.88 Å². The second-order valence-electron chi connectivity index (χ2n) is 3.57. The Bertz CT molecular complexity index is 346. The smallest absolute Gasteiger partial charge is 0.141 e. The summed E-state index contributed by atoms with van der Waals surface area (Å²) in [6, 6.07) is 2.22. The third-order valence-electron chi connectivity index (χ3n) is 2.55. The Morgan fingerprint density at radius 2 is 2.29 bits per heavy atom. The maximum absolute atomic E-state index is 9.12. The molecule has 2 rings (SSSR count). The molecule has 0 aliphatic carbocycles. The molecule has 1 aliphatic heterocycles. The Morgan fingerprint density at radius 1 is 1.57 bits per heavy atom. The maximum Gasteiger partial charge on any atom is 0.141 e. The van der Waals surface area contributed by atoms with E-state index < -0.39 is 0 Å². The first-order chi connectivity index (χ1) is 6.81. The highest BCUT2D eigenvalue weighted by Crippen LogP contribution is 2.25. The zero-order valence-electron chi connectivity index (χ0n) is 8.23. The van der Waals surface area contributed by atoms with Crippen molar-refractivity contribution >= 4 is 11.3 Å². The molecule has 1 atom stereocenters. The number of likely N-dealkylation sites (tertiary alicyclic amines) is 1. The minimum atomic E-state index is -0.123. The van der Waals surface area contributed by atoms with Crippen LogP contribution in [0.15, 0.2) is 5.38 Å². The van der Waals surface area contributed by atoms with E-state index in [-0.39, 0.29) is 6.04 Å². The summed E-state index contributed by atoms with van der Waals surface area (Å²) < 4.78 is 0. The zero-order valence-corrected chi connectivity index (χ0v) is 9.05. The molecule has 3 nitrogen and oxygen atoms in total. The zero-order chi connectivity index (χ0) is 9.97. The molecule has 2 heterocycles. The van der Waals surface area contributed by atoms with Gasteiger partial charge in [-0.15, -0.1) is 11.3 Å². The van der Waals surface area contributed by atoms with Crippen molar-refractivity contribution in [2.24, 2.45) is 0 Å². The van der Waals surface area contributed by atoms with Crippen LogP contribution in [0.3, 0.4) is 0 Å². The molecule has 74 valence electrons. The molecule has 1 aromatic heterocycles. The molecule has 1 fully saturated rings. The minimum absolute atomic E-state index is 0.123. The van der Waals surface area contributed by atoms with Gasteiger partial charge in [-0.2, -0.15) is 5.26 Å². The van der Waals surface area contributed by atoms with Gasteiger partial charge in [0.1, 0.15) is 6.04 Å². The monoisotopic (exact) mass is 207 g/mol. The number of aryl methyl sites for hydroxylation is 1. The molecule has 0 spiro atoms. The molecular weight excluding hydrogens is 194 g/mol. The summed E-state index contributed by atoms with van der Waals surface area (Å²) in [5.74, 6) is 0. The Labute approximate surface area is 88.0 Å². The number of thiazole rings is 1. The molecule has 1 saturated heterocycles. The van der Waals surface area contributed by atoms with Crippen LogP contribution in [-0.2, 0) is 0 Å². The largest absolute Gasteiger partial charge is 0.283 e. The number of nitriles is 1. The van der Waals surface area contributed by atoms with E-state index in [4.69, 9.17) is 5.26 Å². The SMILES string of the molecule is Cc1nc(C(C#N)N2CCCC2)cs1. The number of hydrogen-bond donors (Lipinski definition) is 0. The lowest BCUT2D eigenvalue weighted by atomic mass is 10.2. The van der Waals surface area contributed by atoms with Crippen LogP contribution in [0.1, 0.15) is 29.6 Å². The van der Waals surface area contributed by atoms with E-state index in [1.54, 1.807) is 11.3 Å². The lowest BCUT2D eigenvalue weighted by molar-refractivity contribution is 0.290. The summed E-state index contributed by atoms with van der Waals surface area (Å²) in [5, 5.41) is 12.2. The number of hydrogen-bond acceptors (Lipinski definition) is 4. The fraction of sp³-hybridized carbons (Fsp3) is 0.600. The van der Waals surface area contributed by atoms with E-state index in [1.165, 1.54) is 12.8 Å². The molecular formula is C10H13N3S. The summed E-state index contributed by atoms with van der Waals surface area (Å²) >= 11 is 1.62. The second kappa shape index (κ2) is 4.07. The van der Waals surface area contributed by atoms with Crippen LogP contribution in [-0.4, -0.2) is 23.0 Å². The van der Waals surface area contributed by atoms with Gasteiger partial charge in [0.2, 0.25) is 0 Å². The first-order valence-corrected chi connectivity index (χ1v) is 5.75. The summed E-state index contributed by atoms with van der Waals surface area (Å²) in [4.78, 5) is 6.60. The molecule has 0 amide bonds. The van der Waals surface area contributed by atoms with Crippen LogP contribution in [0.5, 0.6) is 0 Å². The molecule has 4 heteroatoms. The van der Waals surface area contributed by atoms with Gasteiger partial charge in [0.15, 0.2) is 0 Å². The van der Waals surface area contributed by atoms with Gasteiger partial charge in [-0.05, 0) is 32.9 Å². The highest BCUT2D eigenvalue weighted by atomic mass is 32.1. The van der Waals surface area contributed by atoms with Crippen LogP contribution in [0.4, 0.5) is 0 Å². The van der Waals surface area contributed by atoms with Crippen molar-refractivity contribution in [3.8, 4) is 6.07 Å². The van der Waals surface area contributed by atoms with Crippen LogP contribution >= 0.6 is 11.3 Å². The van der Waals surface area contributed by atoms with Gasteiger partial charge in [-0.3, -0.25) is 4.90 Å². The van der Waals surface area contributed by atoms with Gasteiger partial charge >= 0.3 is 0 Å². The fourth-order valence-corrected chi connectivity index (χ4v) is 2.47. The van der Waals surface area contributed by atoms with Crippen molar-refractivity contribution in [1.29, 1.82) is 5.26 Å². The Hall–Kier alpha value is -0.920. The summed E-state index contributed by atoms with van der Waals surface area (Å²) in [6.45, 7) is 4.05. The maximum atomic E-state index is 9.12.